The Kier molecular flexibility index (Phi) is 10.5. The lowest BCUT2D eigenvalue weighted by molar-refractivity contribution is -0.136. The van der Waals surface area contributed by atoms with E-state index in [0.717, 1.165) is 67.3 Å². The monoisotopic (exact) mass is 943 g/mol. The average molecular weight is 944 g/mol. The highest BCUT2D eigenvalue weighted by atomic mass is 19.4. The van der Waals surface area contributed by atoms with Crippen molar-refractivity contribution in [2.45, 2.75) is 57.5 Å². The Labute approximate surface area is 417 Å². The summed E-state index contributed by atoms with van der Waals surface area (Å²) < 4.78 is 54.6. The van der Waals surface area contributed by atoms with E-state index < -0.39 is 11.7 Å². The number of benzene rings is 9. The second-order valence-corrected chi connectivity index (χ2v) is 19.1. The van der Waals surface area contributed by atoms with Crippen LogP contribution in [-0.2, 0) is 57.5 Å². The van der Waals surface area contributed by atoms with Crippen molar-refractivity contribution in [2.75, 3.05) is 19.6 Å². The largest absolute Gasteiger partial charge is 0.420 e. The van der Waals surface area contributed by atoms with Crippen LogP contribution in [0, 0.1) is 11.3 Å². The molecule has 13 rings (SSSR count). The quantitative estimate of drug-likeness (QED) is 0.176. The van der Waals surface area contributed by atoms with Gasteiger partial charge in [0, 0.05) is 45.5 Å². The Bertz CT molecular complexity index is 3470. The smallest absolute Gasteiger partial charge is 0.308 e. The van der Waals surface area contributed by atoms with E-state index in [2.05, 4.69) is 52.3 Å². The summed E-state index contributed by atoms with van der Waals surface area (Å²) in [4.78, 5) is 7.91. The molecule has 0 saturated heterocycles. The number of rotatable bonds is 4. The Hall–Kier alpha value is -8.54. The van der Waals surface area contributed by atoms with E-state index in [1.807, 2.05) is 163 Å². The normalized spacial score (nSPS) is 14.6. The molecule has 0 N–H and O–H groups in total. The van der Waals surface area contributed by atoms with Gasteiger partial charge in [0.2, 0.25) is 0 Å². The van der Waals surface area contributed by atoms with Crippen LogP contribution in [0.2, 0.25) is 0 Å². The molecule has 0 aromatic heterocycles. The lowest BCUT2D eigenvalue weighted by Gasteiger charge is -2.42. The second-order valence-electron chi connectivity index (χ2n) is 19.1. The van der Waals surface area contributed by atoms with Gasteiger partial charge in [-0.1, -0.05) is 146 Å². The maximum Gasteiger partial charge on any atom is 0.420 e. The Morgan fingerprint density at radius 1 is 0.292 bits per heavy atom. The first-order valence-corrected chi connectivity index (χ1v) is 24.9. The number of hydrogen-bond acceptors (Lipinski definition) is 5. The highest BCUT2D eigenvalue weighted by Crippen LogP contribution is 2.65. The van der Waals surface area contributed by atoms with Crippen LogP contribution in [-0.4, -0.2) is 0 Å². The number of aryl methyl sites for hydroxylation is 8. The zero-order chi connectivity index (χ0) is 48.5. The molecule has 72 heavy (non-hydrogen) atoms. The van der Waals surface area contributed by atoms with Crippen molar-refractivity contribution in [2.24, 2.45) is 0 Å². The number of nitriles is 1. The van der Waals surface area contributed by atoms with Gasteiger partial charge >= 0.3 is 6.18 Å². The summed E-state index contributed by atoms with van der Waals surface area (Å²) >= 11 is 0. The van der Waals surface area contributed by atoms with Crippen LogP contribution < -0.4 is 19.6 Å². The van der Waals surface area contributed by atoms with E-state index in [0.29, 0.717) is 79.8 Å². The number of fused-ring (bicyclic) bond motifs is 8. The third-order valence-electron chi connectivity index (χ3n) is 15.2. The molecule has 350 valence electrons. The minimum atomic E-state index is -5.05. The van der Waals surface area contributed by atoms with Crippen molar-refractivity contribution in [1.29, 1.82) is 5.26 Å². The van der Waals surface area contributed by atoms with Crippen molar-refractivity contribution in [3.63, 3.8) is 0 Å². The zero-order valence-electron chi connectivity index (χ0n) is 39.5. The molecule has 0 aliphatic carbocycles. The van der Waals surface area contributed by atoms with Gasteiger partial charge in [-0.3, -0.25) is 0 Å². The molecule has 8 heteroatoms. The summed E-state index contributed by atoms with van der Waals surface area (Å²) in [5.74, 6) is 0. The fourth-order valence-electron chi connectivity index (χ4n) is 12.0. The Balaban J connectivity index is 1.34. The molecule has 0 atom stereocenters. The summed E-state index contributed by atoms with van der Waals surface area (Å²) in [5.41, 5.74) is 12.7. The van der Waals surface area contributed by atoms with E-state index in [1.54, 1.807) is 4.90 Å². The van der Waals surface area contributed by atoms with Crippen LogP contribution in [0.5, 0.6) is 0 Å². The number of anilines is 12. The molecule has 0 saturated carbocycles. The molecule has 0 unspecified atom stereocenters. The number of hydrogen-bond donors (Lipinski definition) is 0. The van der Waals surface area contributed by atoms with Gasteiger partial charge in [0.25, 0.3) is 0 Å². The van der Waals surface area contributed by atoms with Crippen LogP contribution in [0.15, 0.2) is 194 Å². The van der Waals surface area contributed by atoms with Crippen LogP contribution in [0.25, 0.3) is 0 Å². The topological polar surface area (TPSA) is 36.8 Å². The van der Waals surface area contributed by atoms with Crippen molar-refractivity contribution in [3.05, 3.63) is 250 Å². The van der Waals surface area contributed by atoms with Gasteiger partial charge in [-0.25, -0.2) is 0 Å². The summed E-state index contributed by atoms with van der Waals surface area (Å²) in [6.07, 6.45) is 0.0996. The lowest BCUT2D eigenvalue weighted by Crippen LogP contribution is -2.29. The standard InChI is InChI=1S/C64H48F3N5/c65-64(66,67)59-60(69-51-25-9-1-17-42(51)33-34-43-18-2-10-26-52(43)69)50(41-68)61(70-53-27-11-3-19-44(53)35-36-45-20-4-12-28-54(45)70)63(72-57-31-15-7-23-48(57)39-40-49-24-8-16-32-58(49)72)62(59)71-55-29-13-5-21-46(55)37-38-47-22-6-14-30-56(47)71/h1-32H,33-40H2. The highest BCUT2D eigenvalue weighted by molar-refractivity contribution is 6.10. The van der Waals surface area contributed by atoms with Gasteiger partial charge in [0.15, 0.2) is 0 Å². The molecule has 0 amide bonds. The lowest BCUT2D eigenvalue weighted by atomic mass is 9.92. The Morgan fingerprint density at radius 3 is 0.736 bits per heavy atom. The fourth-order valence-corrected chi connectivity index (χ4v) is 12.0. The molecule has 0 radical (unpaired) electrons. The molecule has 4 heterocycles. The predicted octanol–water partition coefficient (Wildman–Crippen LogP) is 16.9. The maximum absolute atomic E-state index is 18.2. The first-order valence-electron chi connectivity index (χ1n) is 24.9. The van der Waals surface area contributed by atoms with E-state index in [-0.39, 0.29) is 22.6 Å². The third kappa shape index (κ3) is 6.98. The molecular formula is C64H48F3N5. The van der Waals surface area contributed by atoms with Gasteiger partial charge in [0.1, 0.15) is 17.2 Å². The molecule has 4 aliphatic heterocycles. The van der Waals surface area contributed by atoms with E-state index >= 15 is 13.2 Å². The second kappa shape index (κ2) is 17.4. The molecule has 5 nitrogen and oxygen atoms in total. The van der Waals surface area contributed by atoms with E-state index in [4.69, 9.17) is 0 Å². The van der Waals surface area contributed by atoms with Crippen LogP contribution >= 0.6 is 0 Å². The molecule has 0 spiro atoms. The first-order chi connectivity index (χ1) is 35.4. The SMILES string of the molecule is N#Cc1c(N2c3ccccc3CCc3ccccc32)c(N2c3ccccc3CCc3ccccc32)c(N2c3ccccc3CCc3ccccc32)c(C(F)(F)F)c1N1c2ccccc2CCc2ccccc21. The first kappa shape index (κ1) is 43.5. The molecule has 0 bridgehead atoms. The van der Waals surface area contributed by atoms with Crippen molar-refractivity contribution >= 4 is 68.2 Å². The van der Waals surface area contributed by atoms with Crippen molar-refractivity contribution in [1.82, 2.24) is 0 Å². The summed E-state index contributed by atoms with van der Waals surface area (Å²) in [5, 5.41) is 12.5. The maximum atomic E-state index is 18.2. The van der Waals surface area contributed by atoms with Crippen molar-refractivity contribution in [3.8, 4) is 6.07 Å². The summed E-state index contributed by atoms with van der Waals surface area (Å²) in [6, 6.07) is 66.7. The van der Waals surface area contributed by atoms with Gasteiger partial charge in [-0.15, -0.1) is 0 Å². The molecule has 0 fully saturated rings. The molecule has 4 aliphatic rings. The summed E-state index contributed by atoms with van der Waals surface area (Å²) in [6.45, 7) is 0. The Morgan fingerprint density at radius 2 is 0.500 bits per heavy atom. The zero-order valence-corrected chi connectivity index (χ0v) is 39.5. The predicted molar refractivity (Wildman–Crippen MR) is 285 cm³/mol. The van der Waals surface area contributed by atoms with Crippen LogP contribution in [0.4, 0.5) is 81.4 Å². The van der Waals surface area contributed by atoms with E-state index in [1.165, 1.54) is 0 Å². The minimum absolute atomic E-state index is 0.0572. The molecule has 9 aromatic rings. The van der Waals surface area contributed by atoms with E-state index in [9.17, 15) is 5.26 Å². The van der Waals surface area contributed by atoms with Gasteiger partial charge in [-0.2, -0.15) is 18.4 Å². The number of nitrogens with zero attached hydrogens (tertiary/aromatic N) is 5. The highest BCUT2D eigenvalue weighted by Gasteiger charge is 2.49. The average Bonchev–Trinajstić information content (AvgIpc) is 3.84. The van der Waals surface area contributed by atoms with Gasteiger partial charge < -0.3 is 19.6 Å². The third-order valence-corrected chi connectivity index (χ3v) is 15.2. The van der Waals surface area contributed by atoms with Gasteiger partial charge in [-0.05, 0) is 144 Å². The van der Waals surface area contributed by atoms with Crippen molar-refractivity contribution < 1.29 is 13.2 Å². The molecule has 9 aromatic carbocycles. The van der Waals surface area contributed by atoms with Crippen LogP contribution in [0.1, 0.15) is 55.6 Å². The summed E-state index contributed by atoms with van der Waals surface area (Å²) in [7, 11) is 0. The number of alkyl halides is 3. The number of para-hydroxylation sites is 8. The number of halogens is 3. The minimum Gasteiger partial charge on any atom is -0.308 e. The molecular weight excluding hydrogens is 896 g/mol. The van der Waals surface area contributed by atoms with Gasteiger partial charge in [0.05, 0.1) is 22.7 Å². The van der Waals surface area contributed by atoms with Crippen LogP contribution in [0.3, 0.4) is 0 Å². The fraction of sp³-hybridized carbons (Fsp3) is 0.141.